The van der Waals surface area contributed by atoms with Crippen LogP contribution in [0.25, 0.3) is 16.9 Å². The lowest BCUT2D eigenvalue weighted by molar-refractivity contribution is 0.475. The first-order chi connectivity index (χ1) is 12.6. The summed E-state index contributed by atoms with van der Waals surface area (Å²) in [4.78, 5) is 4.55. The van der Waals surface area contributed by atoms with Gasteiger partial charge in [0.25, 0.3) is 0 Å². The van der Waals surface area contributed by atoms with Crippen molar-refractivity contribution in [1.82, 2.24) is 9.38 Å². The van der Waals surface area contributed by atoms with Crippen molar-refractivity contribution in [3.05, 3.63) is 72.4 Å². The second-order valence-corrected chi connectivity index (χ2v) is 5.96. The van der Waals surface area contributed by atoms with Gasteiger partial charge in [-0.1, -0.05) is 35.9 Å². The summed E-state index contributed by atoms with van der Waals surface area (Å²) >= 11 is 0. The van der Waals surface area contributed by atoms with Crippen LogP contribution in [0.5, 0.6) is 11.5 Å². The molecule has 0 aliphatic rings. The zero-order valence-corrected chi connectivity index (χ0v) is 14.0. The molecule has 0 atom stereocenters. The highest BCUT2D eigenvalue weighted by Crippen LogP contribution is 2.35. The van der Waals surface area contributed by atoms with Gasteiger partial charge in [0.15, 0.2) is 17.2 Å². The standard InChI is InChI=1S/C20H16N4O2/c1-13-7-9-14(10-8-13)18-20(23-22-15-4-2-5-16(25)12-15)24-11-3-6-17(26)19(24)21-18/h2-12,25-26H,1H3. The SMILES string of the molecule is Cc1ccc(-c2nc3c(O)cccn3c2N=Nc2cccc(O)c2)cc1. The van der Waals surface area contributed by atoms with E-state index in [1.165, 1.54) is 6.07 Å². The van der Waals surface area contributed by atoms with Gasteiger partial charge in [-0.05, 0) is 31.2 Å². The van der Waals surface area contributed by atoms with Crippen LogP contribution in [0.15, 0.2) is 77.1 Å². The van der Waals surface area contributed by atoms with Crippen molar-refractivity contribution in [3.8, 4) is 22.8 Å². The lowest BCUT2D eigenvalue weighted by Gasteiger charge is -2.01. The Labute approximate surface area is 149 Å². The number of aryl methyl sites for hydroxylation is 1. The molecule has 0 amide bonds. The molecule has 2 aromatic carbocycles. The zero-order chi connectivity index (χ0) is 18.1. The number of hydrogen-bond donors (Lipinski definition) is 2. The number of rotatable bonds is 3. The molecule has 6 heteroatoms. The first kappa shape index (κ1) is 15.8. The molecule has 0 unspecified atom stereocenters. The molecule has 26 heavy (non-hydrogen) atoms. The fraction of sp³-hybridized carbons (Fsp3) is 0.0500. The van der Waals surface area contributed by atoms with Crippen molar-refractivity contribution in [3.63, 3.8) is 0 Å². The highest BCUT2D eigenvalue weighted by molar-refractivity contribution is 5.76. The third-order valence-electron chi connectivity index (χ3n) is 4.02. The minimum atomic E-state index is 0.0691. The Bertz CT molecular complexity index is 1110. The Kier molecular flexibility index (Phi) is 3.85. The molecule has 0 aliphatic heterocycles. The van der Waals surface area contributed by atoms with Crippen molar-refractivity contribution >= 4 is 17.2 Å². The van der Waals surface area contributed by atoms with Gasteiger partial charge in [-0.15, -0.1) is 10.2 Å². The van der Waals surface area contributed by atoms with Crippen LogP contribution in [0.2, 0.25) is 0 Å². The van der Waals surface area contributed by atoms with Crippen molar-refractivity contribution in [2.45, 2.75) is 6.92 Å². The molecule has 0 fully saturated rings. The zero-order valence-electron chi connectivity index (χ0n) is 14.0. The maximum atomic E-state index is 10.1. The third-order valence-corrected chi connectivity index (χ3v) is 4.02. The molecule has 0 saturated carbocycles. The summed E-state index contributed by atoms with van der Waals surface area (Å²) in [6.45, 7) is 2.02. The summed E-state index contributed by atoms with van der Waals surface area (Å²) in [5.41, 5.74) is 3.57. The van der Waals surface area contributed by atoms with Crippen LogP contribution < -0.4 is 0 Å². The van der Waals surface area contributed by atoms with Crippen LogP contribution in [0, 0.1) is 6.92 Å². The van der Waals surface area contributed by atoms with Crippen LogP contribution >= 0.6 is 0 Å². The second kappa shape index (κ2) is 6.33. The Hall–Kier alpha value is -3.67. The van der Waals surface area contributed by atoms with Crippen LogP contribution in [-0.2, 0) is 0 Å². The first-order valence-corrected chi connectivity index (χ1v) is 8.10. The molecule has 0 saturated heterocycles. The molecule has 0 aliphatic carbocycles. The van der Waals surface area contributed by atoms with E-state index >= 15 is 0 Å². The summed E-state index contributed by atoms with van der Waals surface area (Å²) < 4.78 is 1.69. The molecular weight excluding hydrogens is 328 g/mol. The first-order valence-electron chi connectivity index (χ1n) is 8.10. The number of fused-ring (bicyclic) bond motifs is 1. The van der Waals surface area contributed by atoms with E-state index in [4.69, 9.17) is 0 Å². The van der Waals surface area contributed by atoms with Gasteiger partial charge in [-0.25, -0.2) is 4.98 Å². The number of aromatic hydroxyl groups is 2. The average Bonchev–Trinajstić information content (AvgIpc) is 3.01. The minimum absolute atomic E-state index is 0.0691. The van der Waals surface area contributed by atoms with E-state index < -0.39 is 0 Å². The van der Waals surface area contributed by atoms with Gasteiger partial charge in [0.1, 0.15) is 11.4 Å². The van der Waals surface area contributed by atoms with Crippen LogP contribution in [0.3, 0.4) is 0 Å². The fourth-order valence-corrected chi connectivity index (χ4v) is 2.70. The molecule has 0 bridgehead atoms. The third kappa shape index (κ3) is 2.88. The maximum absolute atomic E-state index is 10.1. The number of imidazole rings is 1. The maximum Gasteiger partial charge on any atom is 0.187 e. The van der Waals surface area contributed by atoms with Crippen molar-refractivity contribution in [1.29, 1.82) is 0 Å². The highest BCUT2D eigenvalue weighted by atomic mass is 16.3. The van der Waals surface area contributed by atoms with E-state index in [9.17, 15) is 10.2 Å². The Morgan fingerprint density at radius 1 is 0.923 bits per heavy atom. The van der Waals surface area contributed by atoms with E-state index in [-0.39, 0.29) is 11.5 Å². The Balaban J connectivity index is 1.90. The molecule has 4 aromatic rings. The number of benzene rings is 2. The molecule has 128 valence electrons. The molecule has 0 spiro atoms. The average molecular weight is 344 g/mol. The molecule has 2 aromatic heterocycles. The number of pyridine rings is 1. The van der Waals surface area contributed by atoms with Gasteiger partial charge >= 0.3 is 0 Å². The van der Waals surface area contributed by atoms with E-state index in [2.05, 4.69) is 15.2 Å². The summed E-state index contributed by atoms with van der Waals surface area (Å²) in [7, 11) is 0. The summed E-state index contributed by atoms with van der Waals surface area (Å²) in [6, 6.07) is 17.8. The van der Waals surface area contributed by atoms with E-state index in [0.717, 1.165) is 11.1 Å². The summed E-state index contributed by atoms with van der Waals surface area (Å²) in [5.74, 6) is 0.693. The predicted octanol–water partition coefficient (Wildman–Crippen LogP) is 5.14. The lowest BCUT2D eigenvalue weighted by Crippen LogP contribution is -1.83. The fourth-order valence-electron chi connectivity index (χ4n) is 2.70. The van der Waals surface area contributed by atoms with Crippen LogP contribution in [0.1, 0.15) is 5.56 Å². The van der Waals surface area contributed by atoms with Crippen LogP contribution in [0.4, 0.5) is 11.5 Å². The number of hydrogen-bond acceptors (Lipinski definition) is 5. The smallest absolute Gasteiger partial charge is 0.187 e. The van der Waals surface area contributed by atoms with E-state index in [1.54, 1.807) is 40.9 Å². The minimum Gasteiger partial charge on any atom is -0.508 e. The van der Waals surface area contributed by atoms with Gasteiger partial charge in [-0.3, -0.25) is 4.40 Å². The van der Waals surface area contributed by atoms with Crippen molar-refractivity contribution in [2.75, 3.05) is 0 Å². The monoisotopic (exact) mass is 344 g/mol. The second-order valence-electron chi connectivity index (χ2n) is 5.96. The Morgan fingerprint density at radius 2 is 1.73 bits per heavy atom. The highest BCUT2D eigenvalue weighted by Gasteiger charge is 2.16. The van der Waals surface area contributed by atoms with Gasteiger partial charge in [0, 0.05) is 17.8 Å². The molecule has 2 heterocycles. The Morgan fingerprint density at radius 3 is 2.50 bits per heavy atom. The van der Waals surface area contributed by atoms with Gasteiger partial charge in [0.2, 0.25) is 0 Å². The van der Waals surface area contributed by atoms with Crippen molar-refractivity contribution < 1.29 is 10.2 Å². The van der Waals surface area contributed by atoms with Crippen LogP contribution in [-0.4, -0.2) is 19.6 Å². The molecule has 2 N–H and O–H groups in total. The number of aromatic nitrogens is 2. The van der Waals surface area contributed by atoms with Gasteiger partial charge < -0.3 is 10.2 Å². The van der Waals surface area contributed by atoms with Gasteiger partial charge in [0.05, 0.1) is 5.69 Å². The number of phenolic OH excluding ortho intramolecular Hbond substituents is 1. The molecule has 0 radical (unpaired) electrons. The number of azo groups is 1. The van der Waals surface area contributed by atoms with E-state index in [1.807, 2.05) is 31.2 Å². The van der Waals surface area contributed by atoms with Gasteiger partial charge in [-0.2, -0.15) is 0 Å². The summed E-state index contributed by atoms with van der Waals surface area (Å²) in [6.07, 6.45) is 1.77. The largest absolute Gasteiger partial charge is 0.508 e. The summed E-state index contributed by atoms with van der Waals surface area (Å²) in [5, 5.41) is 28.3. The molecule has 4 rings (SSSR count). The lowest BCUT2D eigenvalue weighted by atomic mass is 10.1. The molecular formula is C20H16N4O2. The quantitative estimate of drug-likeness (QED) is 0.505. The normalized spacial score (nSPS) is 11.4. The van der Waals surface area contributed by atoms with E-state index in [0.29, 0.717) is 22.8 Å². The molecule has 6 nitrogen and oxygen atoms in total. The predicted molar refractivity (Wildman–Crippen MR) is 99.3 cm³/mol. The number of phenols is 1. The topological polar surface area (TPSA) is 82.5 Å². The van der Waals surface area contributed by atoms with Crippen molar-refractivity contribution in [2.24, 2.45) is 10.2 Å². The number of nitrogens with zero attached hydrogens (tertiary/aromatic N) is 4.